The summed E-state index contributed by atoms with van der Waals surface area (Å²) in [6, 6.07) is 7.66. The fraction of sp³-hybridized carbons (Fsp3) is 0.385. The standard InChI is InChI=1S/C13H15NO2S/c1-13(2,3)10-4-6-11(7-5-10)16-8-12(15)14-9-17/h4-7H,8H2,1-3H3. The Labute approximate surface area is 107 Å². The summed E-state index contributed by atoms with van der Waals surface area (Å²) >= 11 is 4.32. The summed E-state index contributed by atoms with van der Waals surface area (Å²) < 4.78 is 5.26. The van der Waals surface area contributed by atoms with Crippen LogP contribution in [0.4, 0.5) is 0 Å². The van der Waals surface area contributed by atoms with Gasteiger partial charge in [-0.25, -0.2) is 0 Å². The monoisotopic (exact) mass is 249 g/mol. The minimum atomic E-state index is -0.431. The van der Waals surface area contributed by atoms with Crippen molar-refractivity contribution in [2.75, 3.05) is 6.61 Å². The second-order valence-electron chi connectivity index (χ2n) is 4.66. The molecule has 0 aliphatic carbocycles. The zero-order valence-electron chi connectivity index (χ0n) is 10.2. The van der Waals surface area contributed by atoms with Crippen LogP contribution < -0.4 is 4.74 Å². The average Bonchev–Trinajstić information content (AvgIpc) is 2.26. The highest BCUT2D eigenvalue weighted by Gasteiger charge is 2.13. The molecular weight excluding hydrogens is 234 g/mol. The number of hydrogen-bond acceptors (Lipinski definition) is 3. The fourth-order valence-electron chi connectivity index (χ4n) is 1.28. The van der Waals surface area contributed by atoms with Gasteiger partial charge in [0.15, 0.2) is 6.61 Å². The summed E-state index contributed by atoms with van der Waals surface area (Å²) in [7, 11) is 0. The van der Waals surface area contributed by atoms with Crippen LogP contribution in [0.2, 0.25) is 0 Å². The van der Waals surface area contributed by atoms with Crippen molar-refractivity contribution in [3.63, 3.8) is 0 Å². The molecule has 0 aliphatic heterocycles. The lowest BCUT2D eigenvalue weighted by atomic mass is 9.87. The SMILES string of the molecule is CC(C)(C)c1ccc(OCC(=O)N=C=S)cc1. The molecule has 0 fully saturated rings. The van der Waals surface area contributed by atoms with Crippen LogP contribution in [0.25, 0.3) is 0 Å². The van der Waals surface area contributed by atoms with Gasteiger partial charge in [-0.15, -0.1) is 0 Å². The maximum absolute atomic E-state index is 11.0. The number of hydrogen-bond donors (Lipinski definition) is 0. The second-order valence-corrected chi connectivity index (χ2v) is 4.84. The molecule has 0 saturated heterocycles. The van der Waals surface area contributed by atoms with E-state index in [4.69, 9.17) is 4.74 Å². The third kappa shape index (κ3) is 4.47. The molecule has 0 bridgehead atoms. The van der Waals surface area contributed by atoms with E-state index in [0.717, 1.165) is 0 Å². The van der Waals surface area contributed by atoms with Crippen LogP contribution in [0, 0.1) is 0 Å². The second kappa shape index (κ2) is 5.71. The summed E-state index contributed by atoms with van der Waals surface area (Å²) in [4.78, 5) is 14.3. The summed E-state index contributed by atoms with van der Waals surface area (Å²) in [5.41, 5.74) is 1.32. The molecule has 0 unspecified atom stereocenters. The number of rotatable bonds is 3. The van der Waals surface area contributed by atoms with Gasteiger partial charge in [-0.2, -0.15) is 4.99 Å². The number of amides is 1. The van der Waals surface area contributed by atoms with Crippen molar-refractivity contribution in [2.45, 2.75) is 26.2 Å². The topological polar surface area (TPSA) is 38.7 Å². The van der Waals surface area contributed by atoms with Crippen molar-refractivity contribution in [3.05, 3.63) is 29.8 Å². The number of thiocarbonyl (C=S) groups is 1. The zero-order chi connectivity index (χ0) is 12.9. The Morgan fingerprint density at radius 2 is 1.94 bits per heavy atom. The molecule has 0 aromatic heterocycles. The predicted octanol–water partition coefficient (Wildman–Crippen LogP) is 2.99. The van der Waals surface area contributed by atoms with E-state index in [1.165, 1.54) is 5.56 Å². The maximum atomic E-state index is 11.0. The van der Waals surface area contributed by atoms with Crippen molar-refractivity contribution < 1.29 is 9.53 Å². The van der Waals surface area contributed by atoms with Crippen molar-refractivity contribution in [1.29, 1.82) is 0 Å². The molecule has 90 valence electrons. The molecule has 4 heteroatoms. The van der Waals surface area contributed by atoms with Crippen molar-refractivity contribution in [1.82, 2.24) is 0 Å². The van der Waals surface area contributed by atoms with Gasteiger partial charge in [-0.3, -0.25) is 4.79 Å². The number of isothiocyanates is 1. The molecule has 17 heavy (non-hydrogen) atoms. The minimum absolute atomic E-state index is 0.107. The fourth-order valence-corrected chi connectivity index (χ4v) is 1.38. The van der Waals surface area contributed by atoms with Gasteiger partial charge < -0.3 is 4.74 Å². The molecular formula is C13H15NO2S. The third-order valence-electron chi connectivity index (χ3n) is 2.25. The van der Waals surface area contributed by atoms with Gasteiger partial charge in [0, 0.05) is 0 Å². The molecule has 1 aromatic carbocycles. The molecule has 1 amide bonds. The first-order chi connectivity index (χ1) is 7.93. The van der Waals surface area contributed by atoms with Crippen LogP contribution in [0.5, 0.6) is 5.75 Å². The van der Waals surface area contributed by atoms with Gasteiger partial charge in [-0.1, -0.05) is 32.9 Å². The lowest BCUT2D eigenvalue weighted by Crippen LogP contribution is -2.11. The van der Waals surface area contributed by atoms with Crippen LogP contribution >= 0.6 is 12.2 Å². The molecule has 0 spiro atoms. The minimum Gasteiger partial charge on any atom is -0.484 e. The number of carbonyl (C=O) groups excluding carboxylic acids is 1. The number of ether oxygens (including phenoxy) is 1. The molecule has 0 aliphatic rings. The largest absolute Gasteiger partial charge is 0.484 e. The van der Waals surface area contributed by atoms with Gasteiger partial charge in [0.05, 0.1) is 5.16 Å². The van der Waals surface area contributed by atoms with Gasteiger partial charge in [-0.05, 0) is 35.3 Å². The Kier molecular flexibility index (Phi) is 4.55. The normalized spacial score (nSPS) is 10.5. The Bertz CT molecular complexity index is 439. The van der Waals surface area contributed by atoms with Crippen LogP contribution in [-0.2, 0) is 10.2 Å². The number of nitrogens with zero attached hydrogens (tertiary/aromatic N) is 1. The van der Waals surface area contributed by atoms with E-state index in [1.54, 1.807) is 0 Å². The van der Waals surface area contributed by atoms with Crippen LogP contribution in [0.1, 0.15) is 26.3 Å². The van der Waals surface area contributed by atoms with Crippen molar-refractivity contribution in [3.8, 4) is 5.75 Å². The maximum Gasteiger partial charge on any atom is 0.292 e. The first-order valence-corrected chi connectivity index (χ1v) is 5.68. The van der Waals surface area contributed by atoms with Gasteiger partial charge in [0.1, 0.15) is 5.75 Å². The average molecular weight is 249 g/mol. The van der Waals surface area contributed by atoms with E-state index in [-0.39, 0.29) is 12.0 Å². The third-order valence-corrected chi connectivity index (χ3v) is 2.34. The van der Waals surface area contributed by atoms with Crippen LogP contribution in [0.3, 0.4) is 0 Å². The highest BCUT2D eigenvalue weighted by atomic mass is 32.1. The summed E-state index contributed by atoms with van der Waals surface area (Å²) in [6.45, 7) is 6.31. The van der Waals surface area contributed by atoms with Gasteiger partial charge >= 0.3 is 0 Å². The van der Waals surface area contributed by atoms with Crippen molar-refractivity contribution in [2.24, 2.45) is 4.99 Å². The Hall–Kier alpha value is -1.51. The summed E-state index contributed by atoms with van der Waals surface area (Å²) in [5.74, 6) is 0.214. The quantitative estimate of drug-likeness (QED) is 0.610. The van der Waals surface area contributed by atoms with Crippen LogP contribution in [0.15, 0.2) is 29.3 Å². The molecule has 3 nitrogen and oxygen atoms in total. The summed E-state index contributed by atoms with van der Waals surface area (Å²) in [6.07, 6.45) is 0. The smallest absolute Gasteiger partial charge is 0.292 e. The van der Waals surface area contributed by atoms with E-state index >= 15 is 0 Å². The van der Waals surface area contributed by atoms with Gasteiger partial charge in [0.25, 0.3) is 5.91 Å². The number of carbonyl (C=O) groups is 1. The van der Waals surface area contributed by atoms with Crippen molar-refractivity contribution >= 4 is 23.3 Å². The first-order valence-electron chi connectivity index (χ1n) is 5.27. The predicted molar refractivity (Wildman–Crippen MR) is 70.7 cm³/mol. The zero-order valence-corrected chi connectivity index (χ0v) is 11.0. The summed E-state index contributed by atoms with van der Waals surface area (Å²) in [5, 5.41) is 2.01. The molecule has 0 saturated carbocycles. The van der Waals surface area contributed by atoms with E-state index in [9.17, 15) is 4.79 Å². The molecule has 0 N–H and O–H groups in total. The van der Waals surface area contributed by atoms with Crippen LogP contribution in [-0.4, -0.2) is 17.7 Å². The molecule has 0 radical (unpaired) electrons. The molecule has 1 rings (SSSR count). The van der Waals surface area contributed by atoms with E-state index in [1.807, 2.05) is 29.4 Å². The Morgan fingerprint density at radius 1 is 1.35 bits per heavy atom. The molecule has 0 heterocycles. The van der Waals surface area contributed by atoms with E-state index in [0.29, 0.717) is 5.75 Å². The lowest BCUT2D eigenvalue weighted by Gasteiger charge is -2.19. The Balaban J connectivity index is 2.63. The Morgan fingerprint density at radius 3 is 2.41 bits per heavy atom. The highest BCUT2D eigenvalue weighted by molar-refractivity contribution is 7.78. The number of benzene rings is 1. The highest BCUT2D eigenvalue weighted by Crippen LogP contribution is 2.24. The molecule has 1 aromatic rings. The van der Waals surface area contributed by atoms with E-state index < -0.39 is 5.91 Å². The van der Waals surface area contributed by atoms with Gasteiger partial charge in [0.2, 0.25) is 0 Å². The number of aliphatic imine (C=N–C) groups is 1. The first kappa shape index (κ1) is 13.6. The lowest BCUT2D eigenvalue weighted by molar-refractivity contribution is -0.119. The van der Waals surface area contributed by atoms with E-state index in [2.05, 4.69) is 38.0 Å². The molecule has 0 atom stereocenters.